The van der Waals surface area contributed by atoms with Crippen LogP contribution in [0.25, 0.3) is 11.4 Å². The van der Waals surface area contributed by atoms with Crippen molar-refractivity contribution in [1.29, 1.82) is 0 Å². The molecule has 3 amide bonds. The van der Waals surface area contributed by atoms with Crippen molar-refractivity contribution in [2.45, 2.75) is 24.9 Å². The van der Waals surface area contributed by atoms with Crippen molar-refractivity contribution in [3.63, 3.8) is 0 Å². The summed E-state index contributed by atoms with van der Waals surface area (Å²) in [5, 5.41) is 2.75. The largest absolute Gasteiger partial charge is 0.354 e. The minimum atomic E-state index is -0.364. The number of amides is 3. The van der Waals surface area contributed by atoms with Crippen molar-refractivity contribution in [3.05, 3.63) is 53.6 Å². The fraction of sp³-hybridized carbons (Fsp3) is 0.333. The fourth-order valence-electron chi connectivity index (χ4n) is 4.16. The molecule has 0 saturated carbocycles. The molecule has 2 aliphatic rings. The zero-order valence-electron chi connectivity index (χ0n) is 16.9. The van der Waals surface area contributed by atoms with E-state index < -0.39 is 0 Å². The van der Waals surface area contributed by atoms with Crippen LogP contribution in [0.4, 0.5) is 0 Å². The van der Waals surface area contributed by atoms with E-state index in [9.17, 15) is 14.4 Å². The van der Waals surface area contributed by atoms with E-state index in [-0.39, 0.29) is 40.7 Å². The van der Waals surface area contributed by atoms with Crippen molar-refractivity contribution in [1.82, 2.24) is 30.1 Å². The number of nitrogens with one attached hydrogen (secondary N) is 1. The molecule has 2 aliphatic heterocycles. The van der Waals surface area contributed by atoms with Crippen molar-refractivity contribution in [2.75, 3.05) is 20.1 Å². The smallest absolute Gasteiger partial charge is 0.269 e. The summed E-state index contributed by atoms with van der Waals surface area (Å²) >= 11 is 6.32. The first-order chi connectivity index (χ1) is 14.9. The predicted molar refractivity (Wildman–Crippen MR) is 113 cm³/mol. The minimum absolute atomic E-state index is 0.0514. The minimum Gasteiger partial charge on any atom is -0.354 e. The number of piperazine rings is 1. The molecule has 9 nitrogen and oxygen atoms in total. The first-order valence-electron chi connectivity index (χ1n) is 9.85. The van der Waals surface area contributed by atoms with Crippen molar-refractivity contribution < 1.29 is 14.4 Å². The van der Waals surface area contributed by atoms with Gasteiger partial charge in [0.1, 0.15) is 17.2 Å². The Morgan fingerprint density at radius 3 is 2.77 bits per heavy atom. The molecule has 0 aromatic carbocycles. The van der Waals surface area contributed by atoms with Crippen LogP contribution in [-0.4, -0.2) is 68.7 Å². The molecule has 31 heavy (non-hydrogen) atoms. The highest BCUT2D eigenvalue weighted by atomic mass is 35.5. The maximum Gasteiger partial charge on any atom is 0.269 e. The Hall–Kier alpha value is -3.33. The SMILES string of the molecule is C=CC(=O)N1CC(c2cc(Cl)nc(-c3cc(C(=O)NC)ncn3)c2)N2C(=O)CC[C@H]2C1. The quantitative estimate of drug-likeness (QED) is 0.571. The average Bonchev–Trinajstić information content (AvgIpc) is 3.17. The highest BCUT2D eigenvalue weighted by Crippen LogP contribution is 2.37. The highest BCUT2D eigenvalue weighted by molar-refractivity contribution is 6.29. The molecular weight excluding hydrogens is 420 g/mol. The third kappa shape index (κ3) is 4.00. The Bertz CT molecular complexity index is 1070. The van der Waals surface area contributed by atoms with E-state index in [4.69, 9.17) is 11.6 Å². The maximum absolute atomic E-state index is 12.6. The monoisotopic (exact) mass is 440 g/mol. The zero-order chi connectivity index (χ0) is 22.1. The van der Waals surface area contributed by atoms with E-state index in [0.29, 0.717) is 37.3 Å². The molecule has 4 rings (SSSR count). The molecule has 0 radical (unpaired) electrons. The van der Waals surface area contributed by atoms with E-state index in [2.05, 4.69) is 26.8 Å². The lowest BCUT2D eigenvalue weighted by atomic mass is 9.99. The lowest BCUT2D eigenvalue weighted by Gasteiger charge is -2.43. The Morgan fingerprint density at radius 1 is 1.23 bits per heavy atom. The number of fused-ring (bicyclic) bond motifs is 1. The number of hydrogen-bond acceptors (Lipinski definition) is 6. The van der Waals surface area contributed by atoms with Gasteiger partial charge in [0.2, 0.25) is 11.8 Å². The Labute approximate surface area is 184 Å². The van der Waals surface area contributed by atoms with Gasteiger partial charge in [0.25, 0.3) is 5.91 Å². The van der Waals surface area contributed by atoms with E-state index in [1.807, 2.05) is 4.90 Å². The van der Waals surface area contributed by atoms with Gasteiger partial charge in [-0.3, -0.25) is 14.4 Å². The molecule has 1 unspecified atom stereocenters. The van der Waals surface area contributed by atoms with Gasteiger partial charge in [-0.05, 0) is 36.3 Å². The van der Waals surface area contributed by atoms with Crippen molar-refractivity contribution in [3.8, 4) is 11.4 Å². The first-order valence-corrected chi connectivity index (χ1v) is 10.2. The summed E-state index contributed by atoms with van der Waals surface area (Å²) in [5.41, 5.74) is 1.82. The van der Waals surface area contributed by atoms with Crippen LogP contribution in [0.15, 0.2) is 37.2 Å². The summed E-state index contributed by atoms with van der Waals surface area (Å²) in [4.78, 5) is 52.9. The van der Waals surface area contributed by atoms with Crippen LogP contribution in [0.5, 0.6) is 0 Å². The fourth-order valence-corrected chi connectivity index (χ4v) is 4.38. The summed E-state index contributed by atoms with van der Waals surface area (Å²) in [6.45, 7) is 4.40. The number of carbonyl (C=O) groups excluding carboxylic acids is 3. The van der Waals surface area contributed by atoms with Crippen molar-refractivity contribution in [2.24, 2.45) is 0 Å². The summed E-state index contributed by atoms with van der Waals surface area (Å²) in [6.07, 6.45) is 3.72. The van der Waals surface area contributed by atoms with Gasteiger partial charge < -0.3 is 15.1 Å². The maximum atomic E-state index is 12.6. The van der Waals surface area contributed by atoms with Gasteiger partial charge in [-0.2, -0.15) is 0 Å². The van der Waals surface area contributed by atoms with Crippen molar-refractivity contribution >= 4 is 29.3 Å². The molecule has 0 bridgehead atoms. The van der Waals surface area contributed by atoms with E-state index in [1.165, 1.54) is 25.5 Å². The summed E-state index contributed by atoms with van der Waals surface area (Å²) in [6, 6.07) is 4.60. The molecule has 2 aromatic heterocycles. The summed E-state index contributed by atoms with van der Waals surface area (Å²) in [7, 11) is 1.52. The lowest BCUT2D eigenvalue weighted by Crippen LogP contribution is -2.54. The lowest BCUT2D eigenvalue weighted by molar-refractivity contribution is -0.140. The van der Waals surface area contributed by atoms with Gasteiger partial charge >= 0.3 is 0 Å². The van der Waals surface area contributed by atoms with Crippen LogP contribution >= 0.6 is 11.6 Å². The van der Waals surface area contributed by atoms with E-state index in [0.717, 1.165) is 5.56 Å². The summed E-state index contributed by atoms with van der Waals surface area (Å²) in [5.74, 6) is -0.461. The molecule has 2 atom stereocenters. The molecule has 2 saturated heterocycles. The molecule has 0 aliphatic carbocycles. The zero-order valence-corrected chi connectivity index (χ0v) is 17.7. The van der Waals surface area contributed by atoms with Crippen LogP contribution < -0.4 is 5.32 Å². The molecule has 1 N–H and O–H groups in total. The number of rotatable bonds is 4. The number of nitrogens with zero attached hydrogens (tertiary/aromatic N) is 5. The Balaban J connectivity index is 1.74. The summed E-state index contributed by atoms with van der Waals surface area (Å²) < 4.78 is 0. The van der Waals surface area contributed by atoms with Gasteiger partial charge in [-0.15, -0.1) is 0 Å². The second-order valence-corrected chi connectivity index (χ2v) is 7.82. The third-order valence-electron chi connectivity index (χ3n) is 5.61. The molecule has 160 valence electrons. The average molecular weight is 441 g/mol. The predicted octanol–water partition coefficient (Wildman–Crippen LogP) is 1.61. The van der Waals surface area contributed by atoms with Crippen LogP contribution in [0.2, 0.25) is 5.15 Å². The van der Waals surface area contributed by atoms with Gasteiger partial charge in [-0.25, -0.2) is 15.0 Å². The molecule has 4 heterocycles. The normalized spacial score (nSPS) is 20.4. The number of carbonyl (C=O) groups is 3. The second-order valence-electron chi connectivity index (χ2n) is 7.43. The molecule has 10 heteroatoms. The molecular formula is C21H21ClN6O3. The van der Waals surface area contributed by atoms with Gasteiger partial charge in [0.05, 0.1) is 23.5 Å². The second kappa shape index (κ2) is 8.43. The van der Waals surface area contributed by atoms with Gasteiger partial charge in [-0.1, -0.05) is 18.2 Å². The molecule has 0 spiro atoms. The van der Waals surface area contributed by atoms with Crippen LogP contribution in [0.1, 0.15) is 34.9 Å². The van der Waals surface area contributed by atoms with Crippen LogP contribution in [0, 0.1) is 0 Å². The third-order valence-corrected chi connectivity index (χ3v) is 5.80. The standard InChI is InChI=1S/C21H21ClN6O3/c1-3-19(29)27-9-13-4-5-20(30)28(13)17(10-27)12-6-15(26-18(22)7-12)14-8-16(21(31)23-2)25-11-24-14/h3,6-8,11,13,17H,1,4-5,9-10H2,2H3,(H,23,31)/t13-,17?/m0/s1. The van der Waals surface area contributed by atoms with Crippen LogP contribution in [-0.2, 0) is 9.59 Å². The van der Waals surface area contributed by atoms with Crippen LogP contribution in [0.3, 0.4) is 0 Å². The first kappa shape index (κ1) is 20.9. The molecule has 2 aromatic rings. The van der Waals surface area contributed by atoms with Gasteiger partial charge in [0.15, 0.2) is 0 Å². The number of aromatic nitrogens is 3. The highest BCUT2D eigenvalue weighted by Gasteiger charge is 2.43. The number of pyridine rings is 1. The van der Waals surface area contributed by atoms with Gasteiger partial charge in [0, 0.05) is 26.6 Å². The number of hydrogen-bond donors (Lipinski definition) is 1. The number of halogens is 1. The Kier molecular flexibility index (Phi) is 5.69. The Morgan fingerprint density at radius 2 is 2.03 bits per heavy atom. The topological polar surface area (TPSA) is 108 Å². The van der Waals surface area contributed by atoms with E-state index >= 15 is 0 Å². The van der Waals surface area contributed by atoms with E-state index in [1.54, 1.807) is 17.0 Å². The molecule has 2 fully saturated rings.